The highest BCUT2D eigenvalue weighted by Crippen LogP contribution is 2.22. The van der Waals surface area contributed by atoms with Gasteiger partial charge in [0.2, 0.25) is 0 Å². The van der Waals surface area contributed by atoms with Gasteiger partial charge in [0.25, 0.3) is 0 Å². The van der Waals surface area contributed by atoms with Crippen LogP contribution in [0.1, 0.15) is 5.56 Å². The molecule has 0 aliphatic carbocycles. The van der Waals surface area contributed by atoms with E-state index in [0.29, 0.717) is 18.7 Å². The molecule has 17 heavy (non-hydrogen) atoms. The molecule has 0 aliphatic rings. The highest BCUT2D eigenvalue weighted by atomic mass is 79.9. The van der Waals surface area contributed by atoms with Crippen LogP contribution in [0.5, 0.6) is 0 Å². The normalized spacial score (nSPS) is 9.65. The molecule has 1 aromatic carbocycles. The number of nitriles is 1. The number of aliphatic carboxylic acids is 1. The van der Waals surface area contributed by atoms with Gasteiger partial charge in [-0.25, -0.2) is 4.79 Å². The molecule has 0 atom stereocenters. The van der Waals surface area contributed by atoms with Crippen molar-refractivity contribution in [3.05, 3.63) is 28.2 Å². The second kappa shape index (κ2) is 6.89. The number of halogens is 1. The van der Waals surface area contributed by atoms with Gasteiger partial charge in [0.15, 0.2) is 0 Å². The van der Waals surface area contributed by atoms with Crippen LogP contribution in [0, 0.1) is 11.3 Å². The number of nitrogens with zero attached hydrogens (tertiary/aromatic N) is 1. The molecule has 0 heterocycles. The Balaban J connectivity index is 2.37. The van der Waals surface area contributed by atoms with Crippen LogP contribution in [0.2, 0.25) is 0 Å². The van der Waals surface area contributed by atoms with Crippen molar-refractivity contribution < 1.29 is 14.6 Å². The van der Waals surface area contributed by atoms with E-state index >= 15 is 0 Å². The molecule has 0 radical (unpaired) electrons. The molecule has 6 heteroatoms. The van der Waals surface area contributed by atoms with Crippen molar-refractivity contribution in [2.24, 2.45) is 0 Å². The minimum atomic E-state index is -0.982. The van der Waals surface area contributed by atoms with E-state index in [1.165, 1.54) is 0 Å². The Bertz CT molecular complexity index is 443. The fraction of sp³-hybridized carbons (Fsp3) is 0.273. The molecular formula is C11H11BrN2O3. The lowest BCUT2D eigenvalue weighted by atomic mass is 10.2. The lowest BCUT2D eigenvalue weighted by molar-refractivity contribution is -0.142. The summed E-state index contributed by atoms with van der Waals surface area (Å²) in [6.45, 7) is 0.507. The van der Waals surface area contributed by atoms with E-state index in [9.17, 15) is 4.79 Å². The number of hydrogen-bond acceptors (Lipinski definition) is 4. The molecule has 0 unspecified atom stereocenters. The predicted molar refractivity (Wildman–Crippen MR) is 65.8 cm³/mol. The molecule has 0 aromatic heterocycles. The summed E-state index contributed by atoms with van der Waals surface area (Å²) >= 11 is 3.33. The summed E-state index contributed by atoms with van der Waals surface area (Å²) in [5.41, 5.74) is 1.41. The third-order valence-electron chi connectivity index (χ3n) is 1.89. The van der Waals surface area contributed by atoms with Gasteiger partial charge in [-0.2, -0.15) is 5.26 Å². The maximum atomic E-state index is 10.2. The van der Waals surface area contributed by atoms with Crippen LogP contribution in [-0.4, -0.2) is 30.8 Å². The monoisotopic (exact) mass is 298 g/mol. The van der Waals surface area contributed by atoms with Gasteiger partial charge in [-0.3, -0.25) is 0 Å². The van der Waals surface area contributed by atoms with Crippen LogP contribution in [0.15, 0.2) is 22.7 Å². The summed E-state index contributed by atoms with van der Waals surface area (Å²) in [6, 6.07) is 7.22. The van der Waals surface area contributed by atoms with Crippen LogP contribution in [0.25, 0.3) is 0 Å². The van der Waals surface area contributed by atoms with Crippen LogP contribution in [0.4, 0.5) is 5.69 Å². The van der Waals surface area contributed by atoms with Crippen molar-refractivity contribution in [1.29, 1.82) is 5.26 Å². The topological polar surface area (TPSA) is 82.3 Å². The maximum absolute atomic E-state index is 10.2. The number of anilines is 1. The smallest absolute Gasteiger partial charge is 0.329 e. The van der Waals surface area contributed by atoms with Crippen molar-refractivity contribution in [2.45, 2.75) is 0 Å². The van der Waals surface area contributed by atoms with Gasteiger partial charge in [0.1, 0.15) is 6.61 Å². The molecule has 5 nitrogen and oxygen atoms in total. The highest BCUT2D eigenvalue weighted by Gasteiger charge is 2.01. The molecule has 0 spiro atoms. The van der Waals surface area contributed by atoms with E-state index in [2.05, 4.69) is 21.2 Å². The Morgan fingerprint density at radius 2 is 2.35 bits per heavy atom. The highest BCUT2D eigenvalue weighted by molar-refractivity contribution is 9.10. The zero-order chi connectivity index (χ0) is 12.7. The molecule has 0 bridgehead atoms. The number of benzene rings is 1. The van der Waals surface area contributed by atoms with E-state index in [1.807, 2.05) is 6.07 Å². The number of carbonyl (C=O) groups is 1. The Kier molecular flexibility index (Phi) is 5.46. The number of rotatable bonds is 6. The van der Waals surface area contributed by atoms with Crippen molar-refractivity contribution in [3.63, 3.8) is 0 Å². The first-order valence-electron chi connectivity index (χ1n) is 4.86. The van der Waals surface area contributed by atoms with E-state index in [0.717, 1.165) is 10.2 Å². The Labute approximate surface area is 107 Å². The number of carboxylic acid groups (broad SMARTS) is 1. The van der Waals surface area contributed by atoms with Gasteiger partial charge < -0.3 is 15.2 Å². The fourth-order valence-electron chi connectivity index (χ4n) is 1.15. The Morgan fingerprint density at radius 3 is 2.94 bits per heavy atom. The molecule has 90 valence electrons. The largest absolute Gasteiger partial charge is 0.480 e. The second-order valence-electron chi connectivity index (χ2n) is 3.18. The summed E-state index contributed by atoms with van der Waals surface area (Å²) in [5.74, 6) is -0.982. The first-order valence-corrected chi connectivity index (χ1v) is 5.66. The van der Waals surface area contributed by atoms with Gasteiger partial charge in [0.05, 0.1) is 18.2 Å². The van der Waals surface area contributed by atoms with Gasteiger partial charge in [0, 0.05) is 16.7 Å². The summed E-state index contributed by atoms with van der Waals surface area (Å²) in [4.78, 5) is 10.2. The van der Waals surface area contributed by atoms with Crippen molar-refractivity contribution in [1.82, 2.24) is 0 Å². The van der Waals surface area contributed by atoms with Gasteiger partial charge in [-0.15, -0.1) is 0 Å². The molecule has 1 aromatic rings. The Morgan fingerprint density at radius 1 is 1.59 bits per heavy atom. The molecule has 0 aliphatic heterocycles. The predicted octanol–water partition coefficient (Wildman–Crippen LogP) is 1.83. The lowest BCUT2D eigenvalue weighted by Crippen LogP contribution is -2.14. The molecule has 0 saturated heterocycles. The third-order valence-corrected chi connectivity index (χ3v) is 2.54. The van der Waals surface area contributed by atoms with Crippen LogP contribution in [-0.2, 0) is 9.53 Å². The zero-order valence-electron chi connectivity index (χ0n) is 8.94. The Hall–Kier alpha value is -1.58. The lowest BCUT2D eigenvalue weighted by Gasteiger charge is -2.08. The standard InChI is InChI=1S/C11H11BrN2O3/c12-9-5-8(6-13)1-2-10(9)14-3-4-17-7-11(15)16/h1-2,5,14H,3-4,7H2,(H,15,16). The number of hydrogen-bond donors (Lipinski definition) is 2. The zero-order valence-corrected chi connectivity index (χ0v) is 10.5. The van der Waals surface area contributed by atoms with Crippen LogP contribution < -0.4 is 5.32 Å². The molecule has 0 fully saturated rings. The van der Waals surface area contributed by atoms with Crippen molar-refractivity contribution in [2.75, 3.05) is 25.1 Å². The fourth-order valence-corrected chi connectivity index (χ4v) is 1.66. The van der Waals surface area contributed by atoms with Gasteiger partial charge in [-0.05, 0) is 34.1 Å². The minimum Gasteiger partial charge on any atom is -0.480 e. The molecular weight excluding hydrogens is 288 g/mol. The summed E-state index contributed by atoms with van der Waals surface area (Å²) in [5, 5.41) is 20.1. The number of nitrogens with one attached hydrogen (secondary N) is 1. The second-order valence-corrected chi connectivity index (χ2v) is 4.03. The van der Waals surface area contributed by atoms with Gasteiger partial charge >= 0.3 is 5.97 Å². The average molecular weight is 299 g/mol. The first kappa shape index (κ1) is 13.5. The summed E-state index contributed by atoms with van der Waals surface area (Å²) in [7, 11) is 0. The first-order chi connectivity index (χ1) is 8.13. The summed E-state index contributed by atoms with van der Waals surface area (Å²) in [6.07, 6.45) is 0. The summed E-state index contributed by atoms with van der Waals surface area (Å²) < 4.78 is 5.66. The molecule has 1 rings (SSSR count). The SMILES string of the molecule is N#Cc1ccc(NCCOCC(=O)O)c(Br)c1. The van der Waals surface area contributed by atoms with Crippen LogP contribution in [0.3, 0.4) is 0 Å². The number of carboxylic acids is 1. The number of ether oxygens (including phenoxy) is 1. The van der Waals surface area contributed by atoms with Crippen LogP contribution >= 0.6 is 15.9 Å². The quantitative estimate of drug-likeness (QED) is 0.783. The van der Waals surface area contributed by atoms with Crippen molar-refractivity contribution in [3.8, 4) is 6.07 Å². The average Bonchev–Trinajstić information content (AvgIpc) is 2.30. The molecule has 0 saturated carbocycles. The van der Waals surface area contributed by atoms with Crippen molar-refractivity contribution >= 4 is 27.6 Å². The van der Waals surface area contributed by atoms with E-state index in [1.54, 1.807) is 18.2 Å². The molecule has 0 amide bonds. The van der Waals surface area contributed by atoms with E-state index in [4.69, 9.17) is 15.1 Å². The van der Waals surface area contributed by atoms with Gasteiger partial charge in [-0.1, -0.05) is 0 Å². The van der Waals surface area contributed by atoms with E-state index < -0.39 is 5.97 Å². The van der Waals surface area contributed by atoms with E-state index in [-0.39, 0.29) is 6.61 Å². The minimum absolute atomic E-state index is 0.295. The maximum Gasteiger partial charge on any atom is 0.329 e. The molecule has 2 N–H and O–H groups in total. The third kappa shape index (κ3) is 4.85.